The first-order chi connectivity index (χ1) is 10.6. The van der Waals surface area contributed by atoms with Gasteiger partial charge in [-0.3, -0.25) is 4.68 Å². The fraction of sp³-hybridized carbons (Fsp3) is 0.562. The van der Waals surface area contributed by atoms with Gasteiger partial charge in [-0.15, -0.1) is 24.0 Å². The highest BCUT2D eigenvalue weighted by atomic mass is 127. The molecule has 1 saturated heterocycles. The molecule has 7 heteroatoms. The second-order valence-corrected chi connectivity index (χ2v) is 6.33. The molecule has 126 valence electrons. The zero-order valence-corrected chi connectivity index (χ0v) is 16.1. The van der Waals surface area contributed by atoms with E-state index in [0.717, 1.165) is 24.7 Å². The first kappa shape index (κ1) is 18.1. The summed E-state index contributed by atoms with van der Waals surface area (Å²) in [5, 5.41) is 14.0. The lowest BCUT2D eigenvalue weighted by atomic mass is 9.92. The van der Waals surface area contributed by atoms with E-state index in [1.807, 2.05) is 36.4 Å². The Kier molecular flexibility index (Phi) is 5.96. The van der Waals surface area contributed by atoms with Crippen LogP contribution in [0.5, 0.6) is 0 Å². The van der Waals surface area contributed by atoms with Crippen LogP contribution in [0.1, 0.15) is 37.1 Å². The van der Waals surface area contributed by atoms with Crippen LogP contribution in [0, 0.1) is 5.92 Å². The van der Waals surface area contributed by atoms with Gasteiger partial charge in [0, 0.05) is 56.9 Å². The summed E-state index contributed by atoms with van der Waals surface area (Å²) in [6.07, 6.45) is 5.76. The second kappa shape index (κ2) is 7.57. The normalized spacial score (nSPS) is 20.8. The summed E-state index contributed by atoms with van der Waals surface area (Å²) in [4.78, 5) is 11.2. The zero-order valence-electron chi connectivity index (χ0n) is 13.8. The number of aryl methyl sites for hydroxylation is 1. The van der Waals surface area contributed by atoms with Crippen molar-refractivity contribution < 1.29 is 5.11 Å². The van der Waals surface area contributed by atoms with Crippen molar-refractivity contribution >= 4 is 29.8 Å². The van der Waals surface area contributed by atoms with Crippen molar-refractivity contribution in [2.75, 3.05) is 24.6 Å². The Morgan fingerprint density at radius 2 is 2.13 bits per heavy atom. The fourth-order valence-corrected chi connectivity index (χ4v) is 3.07. The van der Waals surface area contributed by atoms with E-state index in [0.29, 0.717) is 5.92 Å². The maximum absolute atomic E-state index is 9.73. The van der Waals surface area contributed by atoms with E-state index >= 15 is 0 Å². The van der Waals surface area contributed by atoms with Crippen molar-refractivity contribution in [3.63, 3.8) is 0 Å². The summed E-state index contributed by atoms with van der Waals surface area (Å²) in [6, 6.07) is 1.95. The minimum atomic E-state index is 0. The van der Waals surface area contributed by atoms with Crippen LogP contribution in [0.3, 0.4) is 0 Å². The van der Waals surface area contributed by atoms with Crippen LogP contribution in [0.15, 0.2) is 24.7 Å². The average molecular weight is 429 g/mol. The molecule has 2 aromatic heterocycles. The molecule has 2 aromatic rings. The van der Waals surface area contributed by atoms with Gasteiger partial charge in [0.15, 0.2) is 0 Å². The van der Waals surface area contributed by atoms with Gasteiger partial charge in [-0.25, -0.2) is 9.97 Å². The van der Waals surface area contributed by atoms with Gasteiger partial charge in [0.1, 0.15) is 11.6 Å². The molecule has 0 radical (unpaired) electrons. The third-order valence-electron chi connectivity index (χ3n) is 4.33. The molecule has 0 amide bonds. The van der Waals surface area contributed by atoms with Crippen molar-refractivity contribution in [3.05, 3.63) is 36.0 Å². The van der Waals surface area contributed by atoms with E-state index in [1.165, 1.54) is 5.56 Å². The van der Waals surface area contributed by atoms with E-state index in [9.17, 15) is 5.11 Å². The van der Waals surface area contributed by atoms with E-state index < -0.39 is 0 Å². The van der Waals surface area contributed by atoms with Gasteiger partial charge < -0.3 is 10.0 Å². The van der Waals surface area contributed by atoms with Gasteiger partial charge in [0.25, 0.3) is 0 Å². The van der Waals surface area contributed by atoms with E-state index in [4.69, 9.17) is 0 Å². The van der Waals surface area contributed by atoms with Crippen molar-refractivity contribution in [1.29, 1.82) is 0 Å². The van der Waals surface area contributed by atoms with Crippen molar-refractivity contribution in [2.24, 2.45) is 13.0 Å². The van der Waals surface area contributed by atoms with Crippen LogP contribution in [0.4, 0.5) is 5.82 Å². The highest BCUT2D eigenvalue weighted by Gasteiger charge is 2.34. The Hall–Kier alpha value is -1.22. The maximum atomic E-state index is 9.73. The van der Waals surface area contributed by atoms with Crippen LogP contribution < -0.4 is 4.90 Å². The summed E-state index contributed by atoms with van der Waals surface area (Å²) in [7, 11) is 1.92. The topological polar surface area (TPSA) is 67.1 Å². The molecule has 0 aromatic carbocycles. The number of hydrogen-bond acceptors (Lipinski definition) is 5. The summed E-state index contributed by atoms with van der Waals surface area (Å²) >= 11 is 0. The van der Waals surface area contributed by atoms with Crippen LogP contribution in [0.2, 0.25) is 0 Å². The molecule has 6 nitrogen and oxygen atoms in total. The van der Waals surface area contributed by atoms with Crippen LogP contribution in [-0.4, -0.2) is 44.6 Å². The number of aromatic nitrogens is 4. The number of anilines is 1. The zero-order chi connectivity index (χ0) is 15.7. The molecule has 3 rings (SSSR count). The first-order valence-electron chi connectivity index (χ1n) is 7.75. The van der Waals surface area contributed by atoms with E-state index in [2.05, 4.69) is 33.8 Å². The van der Waals surface area contributed by atoms with Gasteiger partial charge in [-0.1, -0.05) is 13.8 Å². The number of halogens is 1. The van der Waals surface area contributed by atoms with E-state index in [1.54, 1.807) is 0 Å². The van der Waals surface area contributed by atoms with Gasteiger partial charge in [-0.2, -0.15) is 5.10 Å². The largest absolute Gasteiger partial charge is 0.396 e. The highest BCUT2D eigenvalue weighted by molar-refractivity contribution is 14.0. The van der Waals surface area contributed by atoms with Crippen LogP contribution in [-0.2, 0) is 7.05 Å². The Labute approximate surface area is 154 Å². The fourth-order valence-electron chi connectivity index (χ4n) is 3.07. The third kappa shape index (κ3) is 3.82. The Bertz CT molecular complexity index is 645. The number of aliphatic hydroxyl groups is 1. The minimum absolute atomic E-state index is 0. The summed E-state index contributed by atoms with van der Waals surface area (Å²) < 4.78 is 1.81. The second-order valence-electron chi connectivity index (χ2n) is 6.33. The minimum Gasteiger partial charge on any atom is -0.396 e. The summed E-state index contributed by atoms with van der Waals surface area (Å²) in [5.41, 5.74) is 1.18. The Balaban J connectivity index is 0.00000192. The molecule has 1 fully saturated rings. The standard InChI is InChI=1S/C16H23N5O.HI/c1-11(2)16-17-5-4-15(19-16)21-8-13(10-22)14(9-21)12-6-18-20(3)7-12;/h4-7,11,13-14,22H,8-10H2,1-3H3;1H/t13-,14-;/m0./s1. The van der Waals surface area contributed by atoms with Gasteiger partial charge in [-0.05, 0) is 11.6 Å². The molecule has 23 heavy (non-hydrogen) atoms. The highest BCUT2D eigenvalue weighted by Crippen LogP contribution is 2.34. The molecular formula is C16H24IN5O. The third-order valence-corrected chi connectivity index (χ3v) is 4.33. The molecule has 0 bridgehead atoms. The lowest BCUT2D eigenvalue weighted by Gasteiger charge is -2.18. The quantitative estimate of drug-likeness (QED) is 0.755. The molecule has 1 aliphatic rings. The number of nitrogens with zero attached hydrogens (tertiary/aromatic N) is 5. The predicted molar refractivity (Wildman–Crippen MR) is 100 cm³/mol. The molecular weight excluding hydrogens is 405 g/mol. The molecule has 2 atom stereocenters. The number of hydrogen-bond donors (Lipinski definition) is 1. The molecule has 0 spiro atoms. The molecule has 1 aliphatic heterocycles. The Morgan fingerprint density at radius 3 is 2.74 bits per heavy atom. The lowest BCUT2D eigenvalue weighted by molar-refractivity contribution is 0.227. The van der Waals surface area contributed by atoms with Crippen LogP contribution >= 0.6 is 24.0 Å². The monoisotopic (exact) mass is 429 g/mol. The number of aliphatic hydroxyl groups excluding tert-OH is 1. The average Bonchev–Trinajstić information content (AvgIpc) is 3.13. The van der Waals surface area contributed by atoms with Gasteiger partial charge >= 0.3 is 0 Å². The molecule has 0 unspecified atom stereocenters. The summed E-state index contributed by atoms with van der Waals surface area (Å²) in [5.74, 6) is 2.62. The van der Waals surface area contributed by atoms with Crippen molar-refractivity contribution in [3.8, 4) is 0 Å². The van der Waals surface area contributed by atoms with E-state index in [-0.39, 0.29) is 42.4 Å². The summed E-state index contributed by atoms with van der Waals surface area (Å²) in [6.45, 7) is 6.03. The van der Waals surface area contributed by atoms with Crippen molar-refractivity contribution in [2.45, 2.75) is 25.7 Å². The van der Waals surface area contributed by atoms with Gasteiger partial charge in [0.2, 0.25) is 0 Å². The lowest BCUT2D eigenvalue weighted by Crippen LogP contribution is -2.22. The molecule has 0 aliphatic carbocycles. The molecule has 0 saturated carbocycles. The maximum Gasteiger partial charge on any atom is 0.133 e. The smallest absolute Gasteiger partial charge is 0.133 e. The SMILES string of the molecule is CC(C)c1nccc(N2C[C@@H](CO)[C@H](c3cnn(C)c3)C2)n1.I. The Morgan fingerprint density at radius 1 is 1.35 bits per heavy atom. The molecule has 1 N–H and O–H groups in total. The van der Waals surface area contributed by atoms with Gasteiger partial charge in [0.05, 0.1) is 6.20 Å². The molecule has 3 heterocycles. The number of rotatable bonds is 4. The van der Waals surface area contributed by atoms with Crippen molar-refractivity contribution in [1.82, 2.24) is 19.7 Å². The van der Waals surface area contributed by atoms with Crippen LogP contribution in [0.25, 0.3) is 0 Å². The first-order valence-corrected chi connectivity index (χ1v) is 7.75. The predicted octanol–water partition coefficient (Wildman–Crippen LogP) is 2.16.